The fraction of sp³-hybridized carbons (Fsp3) is 0.538. The molecule has 1 saturated carbocycles. The van der Waals surface area contributed by atoms with Crippen molar-refractivity contribution in [3.05, 3.63) is 29.6 Å². The van der Waals surface area contributed by atoms with Crippen LogP contribution in [0.5, 0.6) is 5.75 Å². The summed E-state index contributed by atoms with van der Waals surface area (Å²) in [5.74, 6) is 0.493. The molecule has 1 aromatic rings. The monoisotopic (exact) mass is 239 g/mol. The van der Waals surface area contributed by atoms with Gasteiger partial charge in [0.2, 0.25) is 0 Å². The SMILES string of the molecule is CNC1CC(Oc2ccc(F)cc2C)C1OC. The summed E-state index contributed by atoms with van der Waals surface area (Å²) in [7, 11) is 3.60. The molecule has 0 spiro atoms. The van der Waals surface area contributed by atoms with Gasteiger partial charge in [0.25, 0.3) is 0 Å². The second-order valence-electron chi connectivity index (χ2n) is 4.40. The average Bonchev–Trinajstić information content (AvgIpc) is 2.26. The molecule has 4 heteroatoms. The van der Waals surface area contributed by atoms with E-state index in [9.17, 15) is 4.39 Å². The maximum absolute atomic E-state index is 13.0. The van der Waals surface area contributed by atoms with Crippen LogP contribution in [-0.4, -0.2) is 32.4 Å². The molecular weight excluding hydrogens is 221 g/mol. The zero-order valence-corrected chi connectivity index (χ0v) is 10.4. The summed E-state index contributed by atoms with van der Waals surface area (Å²) >= 11 is 0. The van der Waals surface area contributed by atoms with Crippen molar-refractivity contribution in [2.75, 3.05) is 14.2 Å². The van der Waals surface area contributed by atoms with Gasteiger partial charge in [-0.15, -0.1) is 0 Å². The van der Waals surface area contributed by atoms with E-state index < -0.39 is 0 Å². The third-order valence-corrected chi connectivity index (χ3v) is 3.31. The fourth-order valence-corrected chi connectivity index (χ4v) is 2.20. The molecule has 2 rings (SSSR count). The summed E-state index contributed by atoms with van der Waals surface area (Å²) in [6, 6.07) is 4.90. The Morgan fingerprint density at radius 1 is 1.41 bits per heavy atom. The summed E-state index contributed by atoms with van der Waals surface area (Å²) in [6.07, 6.45) is 1.01. The van der Waals surface area contributed by atoms with Crippen molar-refractivity contribution in [2.45, 2.75) is 31.6 Å². The Bertz CT molecular complexity index is 397. The Labute approximate surface area is 101 Å². The number of nitrogens with one attached hydrogen (secondary N) is 1. The van der Waals surface area contributed by atoms with E-state index in [4.69, 9.17) is 9.47 Å². The van der Waals surface area contributed by atoms with E-state index in [1.807, 2.05) is 14.0 Å². The third kappa shape index (κ3) is 2.42. The molecule has 0 saturated heterocycles. The zero-order chi connectivity index (χ0) is 12.4. The van der Waals surface area contributed by atoms with Gasteiger partial charge in [-0.25, -0.2) is 4.39 Å². The first-order valence-electron chi connectivity index (χ1n) is 5.78. The van der Waals surface area contributed by atoms with Crippen molar-refractivity contribution in [2.24, 2.45) is 0 Å². The number of rotatable bonds is 4. The lowest BCUT2D eigenvalue weighted by molar-refractivity contribution is -0.0871. The number of hydrogen-bond donors (Lipinski definition) is 1. The lowest BCUT2D eigenvalue weighted by atomic mass is 9.85. The van der Waals surface area contributed by atoms with Crippen LogP contribution in [0.15, 0.2) is 18.2 Å². The molecule has 3 unspecified atom stereocenters. The lowest BCUT2D eigenvalue weighted by Crippen LogP contribution is -2.60. The molecule has 1 N–H and O–H groups in total. The number of hydrogen-bond acceptors (Lipinski definition) is 3. The topological polar surface area (TPSA) is 30.5 Å². The van der Waals surface area contributed by atoms with E-state index in [0.717, 1.165) is 17.7 Å². The van der Waals surface area contributed by atoms with Gasteiger partial charge < -0.3 is 14.8 Å². The van der Waals surface area contributed by atoms with E-state index in [0.29, 0.717) is 6.04 Å². The molecule has 0 radical (unpaired) electrons. The van der Waals surface area contributed by atoms with Crippen LogP contribution < -0.4 is 10.1 Å². The largest absolute Gasteiger partial charge is 0.487 e. The zero-order valence-electron chi connectivity index (χ0n) is 10.4. The predicted octanol–water partition coefficient (Wildman–Crippen LogP) is 1.89. The van der Waals surface area contributed by atoms with Crippen LogP contribution in [0.3, 0.4) is 0 Å². The molecule has 0 aromatic heterocycles. The maximum Gasteiger partial charge on any atom is 0.128 e. The number of likely N-dealkylation sites (N-methyl/N-ethyl adjacent to an activating group) is 1. The summed E-state index contributed by atoms with van der Waals surface area (Å²) in [4.78, 5) is 0. The molecule has 1 fully saturated rings. The molecule has 94 valence electrons. The molecule has 1 aliphatic carbocycles. The minimum absolute atomic E-state index is 0.0432. The summed E-state index contributed by atoms with van der Waals surface area (Å²) in [5, 5.41) is 3.18. The highest BCUT2D eigenvalue weighted by Crippen LogP contribution is 2.30. The highest BCUT2D eigenvalue weighted by Gasteiger charge is 2.42. The van der Waals surface area contributed by atoms with Gasteiger partial charge in [-0.2, -0.15) is 0 Å². The normalized spacial score (nSPS) is 27.6. The Balaban J connectivity index is 2.02. The maximum atomic E-state index is 13.0. The average molecular weight is 239 g/mol. The van der Waals surface area contributed by atoms with Gasteiger partial charge in [0.05, 0.1) is 0 Å². The second kappa shape index (κ2) is 5.02. The van der Waals surface area contributed by atoms with E-state index in [-0.39, 0.29) is 18.0 Å². The number of halogens is 1. The number of benzene rings is 1. The van der Waals surface area contributed by atoms with Crippen LogP contribution in [0.25, 0.3) is 0 Å². The molecule has 0 heterocycles. The first-order chi connectivity index (χ1) is 8.15. The number of aryl methyl sites for hydroxylation is 1. The van der Waals surface area contributed by atoms with Gasteiger partial charge in [-0.05, 0) is 37.7 Å². The van der Waals surface area contributed by atoms with Crippen molar-refractivity contribution >= 4 is 0 Å². The van der Waals surface area contributed by atoms with Crippen molar-refractivity contribution < 1.29 is 13.9 Å². The van der Waals surface area contributed by atoms with E-state index in [1.54, 1.807) is 13.2 Å². The molecule has 3 atom stereocenters. The van der Waals surface area contributed by atoms with Gasteiger partial charge in [0, 0.05) is 19.6 Å². The first kappa shape index (κ1) is 12.3. The van der Waals surface area contributed by atoms with Crippen molar-refractivity contribution in [1.82, 2.24) is 5.32 Å². The van der Waals surface area contributed by atoms with Crippen LogP contribution in [0.4, 0.5) is 4.39 Å². The first-order valence-corrected chi connectivity index (χ1v) is 5.78. The third-order valence-electron chi connectivity index (χ3n) is 3.31. The molecule has 1 aromatic carbocycles. The van der Waals surface area contributed by atoms with Crippen LogP contribution in [-0.2, 0) is 4.74 Å². The number of methoxy groups -OCH3 is 1. The Hall–Kier alpha value is -1.13. The van der Waals surface area contributed by atoms with Crippen molar-refractivity contribution in [3.63, 3.8) is 0 Å². The fourth-order valence-electron chi connectivity index (χ4n) is 2.20. The molecule has 17 heavy (non-hydrogen) atoms. The van der Waals surface area contributed by atoms with Gasteiger partial charge >= 0.3 is 0 Å². The molecule has 0 amide bonds. The van der Waals surface area contributed by atoms with Gasteiger partial charge in [-0.1, -0.05) is 0 Å². The highest BCUT2D eigenvalue weighted by atomic mass is 19.1. The Kier molecular flexibility index (Phi) is 3.64. The van der Waals surface area contributed by atoms with Crippen LogP contribution in [0, 0.1) is 12.7 Å². The van der Waals surface area contributed by atoms with Crippen LogP contribution >= 0.6 is 0 Å². The van der Waals surface area contributed by atoms with Crippen molar-refractivity contribution in [1.29, 1.82) is 0 Å². The summed E-state index contributed by atoms with van der Waals surface area (Å²) in [6.45, 7) is 1.84. The van der Waals surface area contributed by atoms with Gasteiger partial charge in [0.1, 0.15) is 23.8 Å². The molecule has 0 aliphatic heterocycles. The second-order valence-corrected chi connectivity index (χ2v) is 4.40. The minimum atomic E-state index is -0.236. The summed E-state index contributed by atoms with van der Waals surface area (Å²) in [5.41, 5.74) is 0.813. The molecular formula is C13H18FNO2. The number of ether oxygens (including phenoxy) is 2. The van der Waals surface area contributed by atoms with E-state index >= 15 is 0 Å². The van der Waals surface area contributed by atoms with Gasteiger partial charge in [-0.3, -0.25) is 0 Å². The van der Waals surface area contributed by atoms with Crippen molar-refractivity contribution in [3.8, 4) is 5.75 Å². The standard InChI is InChI=1S/C13H18FNO2/c1-8-6-9(14)4-5-11(8)17-12-7-10(15-2)13(12)16-3/h4-6,10,12-13,15H,7H2,1-3H3. The van der Waals surface area contributed by atoms with Crippen LogP contribution in [0.1, 0.15) is 12.0 Å². The summed E-state index contributed by atoms with van der Waals surface area (Å²) < 4.78 is 24.2. The smallest absolute Gasteiger partial charge is 0.128 e. The van der Waals surface area contributed by atoms with Crippen LogP contribution in [0.2, 0.25) is 0 Å². The van der Waals surface area contributed by atoms with Gasteiger partial charge in [0.15, 0.2) is 0 Å². The Morgan fingerprint density at radius 3 is 2.76 bits per heavy atom. The Morgan fingerprint density at radius 2 is 2.18 bits per heavy atom. The molecule has 1 aliphatic rings. The quantitative estimate of drug-likeness (QED) is 0.870. The van der Waals surface area contributed by atoms with E-state index in [1.165, 1.54) is 12.1 Å². The molecule has 0 bridgehead atoms. The highest BCUT2D eigenvalue weighted by molar-refractivity contribution is 5.33. The predicted molar refractivity (Wildman–Crippen MR) is 63.8 cm³/mol. The molecule has 3 nitrogen and oxygen atoms in total. The minimum Gasteiger partial charge on any atom is -0.487 e. The van der Waals surface area contributed by atoms with E-state index in [2.05, 4.69) is 5.32 Å². The lowest BCUT2D eigenvalue weighted by Gasteiger charge is -2.43.